The summed E-state index contributed by atoms with van der Waals surface area (Å²) in [5, 5.41) is 10.3. The molecule has 1 heterocycles. The van der Waals surface area contributed by atoms with Gasteiger partial charge >= 0.3 is 0 Å². The molecule has 70 valence electrons. The monoisotopic (exact) mass is 170 g/mol. The first-order chi connectivity index (χ1) is 5.60. The van der Waals surface area contributed by atoms with Gasteiger partial charge in [-0.25, -0.2) is 0 Å². The highest BCUT2D eigenvalue weighted by atomic mass is 16.5. The molecule has 0 aromatic rings. The summed E-state index contributed by atoms with van der Waals surface area (Å²) in [6.45, 7) is 4.12. The normalized spacial score (nSPS) is 49.2. The van der Waals surface area contributed by atoms with Crippen LogP contribution in [-0.2, 0) is 4.74 Å². The Hall–Kier alpha value is -0.0800. The molecule has 2 rings (SSSR count). The second-order valence-corrected chi connectivity index (χ2v) is 4.54. The molecule has 0 bridgehead atoms. The fraction of sp³-hybridized carbons (Fsp3) is 1.00. The summed E-state index contributed by atoms with van der Waals surface area (Å²) in [7, 11) is 0. The van der Waals surface area contributed by atoms with Crippen LogP contribution in [0.4, 0.5) is 0 Å². The third kappa shape index (κ3) is 1.50. The van der Waals surface area contributed by atoms with Crippen molar-refractivity contribution in [2.24, 2.45) is 5.92 Å². The largest absolute Gasteiger partial charge is 0.389 e. The lowest BCUT2D eigenvalue weighted by molar-refractivity contribution is -0.140. The van der Waals surface area contributed by atoms with Gasteiger partial charge in [0.05, 0.1) is 17.8 Å². The maximum Gasteiger partial charge on any atom is 0.0724 e. The molecule has 12 heavy (non-hydrogen) atoms. The van der Waals surface area contributed by atoms with Gasteiger partial charge in [0.15, 0.2) is 0 Å². The lowest BCUT2D eigenvalue weighted by Crippen LogP contribution is -2.44. The molecule has 0 amide bonds. The zero-order valence-corrected chi connectivity index (χ0v) is 7.92. The smallest absolute Gasteiger partial charge is 0.0724 e. The molecule has 1 aliphatic heterocycles. The summed E-state index contributed by atoms with van der Waals surface area (Å²) >= 11 is 0. The van der Waals surface area contributed by atoms with Crippen LogP contribution in [-0.4, -0.2) is 22.9 Å². The maximum atomic E-state index is 10.3. The molecule has 2 heteroatoms. The van der Waals surface area contributed by atoms with Gasteiger partial charge in [-0.05, 0) is 32.6 Å². The average molecular weight is 170 g/mol. The first kappa shape index (κ1) is 8.52. The molecule has 1 aliphatic carbocycles. The number of rotatable bonds is 1. The molecular formula is C10H18O2. The van der Waals surface area contributed by atoms with E-state index in [9.17, 15) is 5.11 Å². The van der Waals surface area contributed by atoms with Crippen molar-refractivity contribution in [3.8, 4) is 0 Å². The minimum Gasteiger partial charge on any atom is -0.389 e. The Morgan fingerprint density at radius 1 is 1.17 bits per heavy atom. The Balaban J connectivity index is 2.04. The highest BCUT2D eigenvalue weighted by Gasteiger charge is 2.47. The summed E-state index contributed by atoms with van der Waals surface area (Å²) in [6, 6.07) is 0. The van der Waals surface area contributed by atoms with Gasteiger partial charge in [0.25, 0.3) is 0 Å². The van der Waals surface area contributed by atoms with Crippen LogP contribution in [0.2, 0.25) is 0 Å². The molecule has 1 saturated carbocycles. The highest BCUT2D eigenvalue weighted by Crippen LogP contribution is 2.47. The minimum atomic E-state index is -0.392. The number of ether oxygens (including phenoxy) is 1. The van der Waals surface area contributed by atoms with Crippen molar-refractivity contribution >= 4 is 0 Å². The van der Waals surface area contributed by atoms with E-state index in [0.29, 0.717) is 5.92 Å². The Morgan fingerprint density at radius 2 is 1.67 bits per heavy atom. The van der Waals surface area contributed by atoms with Crippen LogP contribution >= 0.6 is 0 Å². The van der Waals surface area contributed by atoms with Crippen molar-refractivity contribution in [1.82, 2.24) is 0 Å². The quantitative estimate of drug-likeness (QED) is 0.649. The van der Waals surface area contributed by atoms with Gasteiger partial charge in [-0.2, -0.15) is 0 Å². The summed E-state index contributed by atoms with van der Waals surface area (Å²) in [4.78, 5) is 0. The van der Waals surface area contributed by atoms with E-state index in [1.807, 2.05) is 0 Å². The van der Waals surface area contributed by atoms with E-state index in [2.05, 4.69) is 13.8 Å². The van der Waals surface area contributed by atoms with Crippen molar-refractivity contribution in [2.45, 2.75) is 57.3 Å². The molecular weight excluding hydrogens is 152 g/mol. The van der Waals surface area contributed by atoms with E-state index in [1.54, 1.807) is 0 Å². The predicted molar refractivity (Wildman–Crippen MR) is 46.9 cm³/mol. The summed E-state index contributed by atoms with van der Waals surface area (Å²) in [6.07, 6.45) is 4.58. The molecule has 1 saturated heterocycles. The van der Waals surface area contributed by atoms with E-state index in [1.165, 1.54) is 12.8 Å². The highest BCUT2D eigenvalue weighted by molar-refractivity contribution is 4.98. The van der Waals surface area contributed by atoms with Crippen LogP contribution in [0.3, 0.4) is 0 Å². The Bertz CT molecular complexity index is 165. The molecule has 2 fully saturated rings. The molecule has 0 aromatic heterocycles. The van der Waals surface area contributed by atoms with Gasteiger partial charge in [-0.1, -0.05) is 0 Å². The Kier molecular flexibility index (Phi) is 1.92. The molecule has 2 nitrogen and oxygen atoms in total. The molecule has 0 spiro atoms. The van der Waals surface area contributed by atoms with Crippen molar-refractivity contribution in [1.29, 1.82) is 0 Å². The molecule has 2 atom stereocenters. The summed E-state index contributed by atoms with van der Waals surface area (Å²) < 4.78 is 5.60. The van der Waals surface area contributed by atoms with Gasteiger partial charge in [0, 0.05) is 12.8 Å². The van der Waals surface area contributed by atoms with Crippen LogP contribution in [0, 0.1) is 5.92 Å². The van der Waals surface area contributed by atoms with Crippen molar-refractivity contribution < 1.29 is 9.84 Å². The average Bonchev–Trinajstić information content (AvgIpc) is 2.61. The van der Waals surface area contributed by atoms with E-state index in [0.717, 1.165) is 12.8 Å². The fourth-order valence-electron chi connectivity index (χ4n) is 2.53. The molecule has 2 unspecified atom stereocenters. The van der Waals surface area contributed by atoms with Gasteiger partial charge in [0.1, 0.15) is 0 Å². The Labute approximate surface area is 73.9 Å². The zero-order chi connectivity index (χ0) is 8.77. The minimum absolute atomic E-state index is 0.236. The first-order valence-electron chi connectivity index (χ1n) is 4.98. The topological polar surface area (TPSA) is 29.5 Å². The molecule has 1 N–H and O–H groups in total. The lowest BCUT2D eigenvalue weighted by Gasteiger charge is -2.39. The molecule has 2 aliphatic rings. The van der Waals surface area contributed by atoms with Crippen molar-refractivity contribution in [3.63, 3.8) is 0 Å². The van der Waals surface area contributed by atoms with Crippen molar-refractivity contribution in [3.05, 3.63) is 0 Å². The molecule has 0 aromatic carbocycles. The van der Waals surface area contributed by atoms with Crippen molar-refractivity contribution in [2.75, 3.05) is 0 Å². The van der Waals surface area contributed by atoms with Gasteiger partial charge in [-0.15, -0.1) is 0 Å². The predicted octanol–water partition coefficient (Wildman–Crippen LogP) is 1.71. The van der Waals surface area contributed by atoms with E-state index >= 15 is 0 Å². The van der Waals surface area contributed by atoms with Crippen LogP contribution in [0.25, 0.3) is 0 Å². The maximum absolute atomic E-state index is 10.3. The summed E-state index contributed by atoms with van der Waals surface area (Å²) in [5.74, 6) is 0.575. The molecule has 0 radical (unpaired) electrons. The second kappa shape index (κ2) is 2.71. The number of aliphatic hydroxyl groups is 1. The Morgan fingerprint density at radius 3 is 2.08 bits per heavy atom. The number of hydrogen-bond donors (Lipinski definition) is 1. The second-order valence-electron chi connectivity index (χ2n) is 4.54. The van der Waals surface area contributed by atoms with Crippen LogP contribution in [0.1, 0.15) is 39.5 Å². The van der Waals surface area contributed by atoms with Gasteiger partial charge in [-0.3, -0.25) is 0 Å². The summed E-state index contributed by atoms with van der Waals surface area (Å²) in [5.41, 5.74) is -0.392. The van der Waals surface area contributed by atoms with Gasteiger partial charge < -0.3 is 9.84 Å². The van der Waals surface area contributed by atoms with E-state index in [-0.39, 0.29) is 12.2 Å². The third-order valence-corrected chi connectivity index (χ3v) is 3.08. The van der Waals surface area contributed by atoms with Crippen LogP contribution in [0.15, 0.2) is 0 Å². The van der Waals surface area contributed by atoms with E-state index < -0.39 is 5.60 Å². The SMILES string of the molecule is CC1CC(O)(C2CC2)CC(C)O1. The standard InChI is InChI=1S/C10H18O2/c1-7-5-10(11,9-3-4-9)6-8(2)12-7/h7-9,11H,3-6H2,1-2H3. The lowest BCUT2D eigenvalue weighted by atomic mass is 9.83. The third-order valence-electron chi connectivity index (χ3n) is 3.08. The van der Waals surface area contributed by atoms with Gasteiger partial charge in [0.2, 0.25) is 0 Å². The number of hydrogen-bond acceptors (Lipinski definition) is 2. The fourth-order valence-corrected chi connectivity index (χ4v) is 2.53. The van der Waals surface area contributed by atoms with Crippen LogP contribution in [0.5, 0.6) is 0 Å². The first-order valence-corrected chi connectivity index (χ1v) is 4.98. The van der Waals surface area contributed by atoms with Crippen LogP contribution < -0.4 is 0 Å². The zero-order valence-electron chi connectivity index (χ0n) is 7.92. The van der Waals surface area contributed by atoms with E-state index in [4.69, 9.17) is 4.74 Å².